The molecule has 0 saturated heterocycles. The molecule has 1 aromatic heterocycles. The Balaban J connectivity index is 2.14. The molecule has 0 bridgehead atoms. The number of carboxylic acid groups (broad SMARTS) is 1. The number of halogens is 3. The van der Waals surface area contributed by atoms with Gasteiger partial charge in [0.05, 0.1) is 32.3 Å². The second-order valence-corrected chi connectivity index (χ2v) is 9.41. The van der Waals surface area contributed by atoms with Gasteiger partial charge in [0.2, 0.25) is 5.91 Å². The largest absolute Gasteiger partial charge is 0.495 e. The molecular formula is C24H26F3N3O6. The molecule has 0 radical (unpaired) electrons. The molecular weight excluding hydrogens is 483 g/mol. The Bertz CT molecular complexity index is 1260. The fourth-order valence-electron chi connectivity index (χ4n) is 4.01. The predicted molar refractivity (Wildman–Crippen MR) is 121 cm³/mol. The number of carbonyl (C=O) groups is 3. The third kappa shape index (κ3) is 5.37. The third-order valence-corrected chi connectivity index (χ3v) is 5.71. The van der Waals surface area contributed by atoms with E-state index in [0.29, 0.717) is 16.8 Å². The van der Waals surface area contributed by atoms with E-state index in [1.54, 1.807) is 20.8 Å². The number of hydrogen-bond acceptors (Lipinski definition) is 5. The number of benzene rings is 1. The van der Waals surface area contributed by atoms with Crippen molar-refractivity contribution in [3.63, 3.8) is 0 Å². The van der Waals surface area contributed by atoms with Crippen LogP contribution in [0.25, 0.3) is 0 Å². The summed E-state index contributed by atoms with van der Waals surface area (Å²) in [5.74, 6) is -2.60. The normalized spacial score (nSPS) is 13.4. The van der Waals surface area contributed by atoms with Crippen molar-refractivity contribution in [1.29, 1.82) is 0 Å². The highest BCUT2D eigenvalue weighted by atomic mass is 19.4. The van der Waals surface area contributed by atoms with Crippen LogP contribution in [0.3, 0.4) is 0 Å². The van der Waals surface area contributed by atoms with Crippen molar-refractivity contribution in [3.05, 3.63) is 62.6 Å². The molecule has 2 N–H and O–H groups in total. The average molecular weight is 509 g/mol. The Kier molecular flexibility index (Phi) is 7.19. The third-order valence-electron chi connectivity index (χ3n) is 5.71. The van der Waals surface area contributed by atoms with Crippen molar-refractivity contribution >= 4 is 17.8 Å². The first-order chi connectivity index (χ1) is 16.6. The zero-order valence-electron chi connectivity index (χ0n) is 20.2. The molecule has 0 saturated carbocycles. The van der Waals surface area contributed by atoms with Crippen molar-refractivity contribution in [3.8, 4) is 5.75 Å². The quantitative estimate of drug-likeness (QED) is 0.618. The van der Waals surface area contributed by atoms with E-state index in [0.717, 1.165) is 12.1 Å². The van der Waals surface area contributed by atoms with Crippen molar-refractivity contribution < 1.29 is 37.4 Å². The van der Waals surface area contributed by atoms with Crippen LogP contribution in [0.5, 0.6) is 5.75 Å². The smallest absolute Gasteiger partial charge is 0.416 e. The molecule has 3 rings (SSSR count). The first-order valence-corrected chi connectivity index (χ1v) is 10.9. The molecule has 2 aromatic rings. The molecule has 0 unspecified atom stereocenters. The fourth-order valence-corrected chi connectivity index (χ4v) is 4.01. The van der Waals surface area contributed by atoms with Crippen LogP contribution in [-0.2, 0) is 35.4 Å². The number of pyridine rings is 1. The van der Waals surface area contributed by atoms with Gasteiger partial charge in [-0.1, -0.05) is 32.9 Å². The zero-order chi connectivity index (χ0) is 27.0. The fraction of sp³-hybridized carbons (Fsp3) is 0.417. The lowest BCUT2D eigenvalue weighted by molar-refractivity contribution is -0.140. The minimum absolute atomic E-state index is 0.0225. The van der Waals surface area contributed by atoms with E-state index < -0.39 is 46.7 Å². The van der Waals surface area contributed by atoms with Crippen LogP contribution in [0, 0.1) is 5.41 Å². The van der Waals surface area contributed by atoms with Crippen LogP contribution in [0.15, 0.2) is 29.1 Å². The number of methoxy groups -OCH3 is 1. The second-order valence-electron chi connectivity index (χ2n) is 9.41. The number of amides is 2. The van der Waals surface area contributed by atoms with Gasteiger partial charge in [0.25, 0.3) is 11.5 Å². The molecule has 1 aliphatic rings. The number of alkyl halides is 3. The summed E-state index contributed by atoms with van der Waals surface area (Å²) in [6.07, 6.45) is -4.53. The second kappa shape index (κ2) is 9.67. The van der Waals surface area contributed by atoms with Crippen LogP contribution in [-0.4, -0.2) is 46.0 Å². The van der Waals surface area contributed by atoms with Gasteiger partial charge in [-0.05, 0) is 17.7 Å². The van der Waals surface area contributed by atoms with Gasteiger partial charge in [-0.15, -0.1) is 0 Å². The number of ether oxygens (including phenoxy) is 1. The molecule has 9 nitrogen and oxygen atoms in total. The maximum atomic E-state index is 13.5. The van der Waals surface area contributed by atoms with Gasteiger partial charge in [-0.2, -0.15) is 13.2 Å². The Morgan fingerprint density at radius 2 is 1.69 bits per heavy atom. The van der Waals surface area contributed by atoms with Gasteiger partial charge in [-0.25, -0.2) is 0 Å². The number of carboxylic acids is 1. The number of nitrogens with zero attached hydrogens (tertiary/aromatic N) is 2. The van der Waals surface area contributed by atoms with Crippen molar-refractivity contribution in [1.82, 2.24) is 14.8 Å². The van der Waals surface area contributed by atoms with Gasteiger partial charge in [-0.3, -0.25) is 19.2 Å². The van der Waals surface area contributed by atoms with Crippen LogP contribution < -0.4 is 15.6 Å². The van der Waals surface area contributed by atoms with Crippen molar-refractivity contribution in [2.24, 2.45) is 5.41 Å². The summed E-state index contributed by atoms with van der Waals surface area (Å²) in [6, 6.07) is 4.23. The van der Waals surface area contributed by atoms with E-state index in [4.69, 9.17) is 9.84 Å². The van der Waals surface area contributed by atoms with Gasteiger partial charge >= 0.3 is 12.1 Å². The summed E-state index contributed by atoms with van der Waals surface area (Å²) in [7, 11) is 1.25. The van der Waals surface area contributed by atoms with E-state index in [1.807, 2.05) is 0 Å². The van der Waals surface area contributed by atoms with E-state index in [1.165, 1.54) is 28.7 Å². The number of aromatic nitrogens is 1. The highest BCUT2D eigenvalue weighted by molar-refractivity contribution is 5.98. The molecule has 36 heavy (non-hydrogen) atoms. The average Bonchev–Trinajstić information content (AvgIpc) is 3.22. The highest BCUT2D eigenvalue weighted by Gasteiger charge is 2.37. The standard InChI is InChI=1S/C24H26F3N3O6/c1-23(2,3)22(35)29-11-15-16(12-29)30(10-13-5-7-14(8-6-13)24(25,26)27)21(34)18(19(15)36-4)20(33)28-9-17(31)32/h5-8H,9-12H2,1-4H3,(H,28,33)(H,31,32). The molecule has 1 aliphatic heterocycles. The summed E-state index contributed by atoms with van der Waals surface area (Å²) in [5.41, 5.74) is -1.74. The number of carbonyl (C=O) groups excluding carboxylic acids is 2. The number of aliphatic carboxylic acids is 1. The van der Waals surface area contributed by atoms with Crippen LogP contribution in [0.4, 0.5) is 13.2 Å². The Morgan fingerprint density at radius 3 is 2.19 bits per heavy atom. The molecule has 0 atom stereocenters. The van der Waals surface area contributed by atoms with Gasteiger partial charge < -0.3 is 24.6 Å². The van der Waals surface area contributed by atoms with Crippen LogP contribution in [0.2, 0.25) is 0 Å². The van der Waals surface area contributed by atoms with Gasteiger partial charge in [0.15, 0.2) is 0 Å². The predicted octanol–water partition coefficient (Wildman–Crippen LogP) is 2.63. The van der Waals surface area contributed by atoms with E-state index >= 15 is 0 Å². The van der Waals surface area contributed by atoms with Crippen molar-refractivity contribution in [2.45, 2.75) is 46.6 Å². The Labute approximate surface area is 204 Å². The first kappa shape index (κ1) is 26.8. The van der Waals surface area contributed by atoms with Gasteiger partial charge in [0, 0.05) is 16.7 Å². The van der Waals surface area contributed by atoms with Crippen LogP contribution >= 0.6 is 0 Å². The summed E-state index contributed by atoms with van der Waals surface area (Å²) < 4.78 is 45.5. The Morgan fingerprint density at radius 1 is 1.08 bits per heavy atom. The summed E-state index contributed by atoms with van der Waals surface area (Å²) in [5, 5.41) is 11.0. The lowest BCUT2D eigenvalue weighted by Gasteiger charge is -2.25. The maximum Gasteiger partial charge on any atom is 0.416 e. The molecule has 2 heterocycles. The number of hydrogen-bond donors (Lipinski definition) is 2. The van der Waals surface area contributed by atoms with E-state index in [2.05, 4.69) is 5.32 Å². The summed E-state index contributed by atoms with van der Waals surface area (Å²) in [6.45, 7) is 4.32. The molecule has 1 aromatic carbocycles. The highest BCUT2D eigenvalue weighted by Crippen LogP contribution is 2.35. The molecule has 0 aliphatic carbocycles. The maximum absolute atomic E-state index is 13.5. The molecule has 2 amide bonds. The number of fused-ring (bicyclic) bond motifs is 1. The topological polar surface area (TPSA) is 118 Å². The molecule has 12 heteroatoms. The summed E-state index contributed by atoms with van der Waals surface area (Å²) >= 11 is 0. The molecule has 194 valence electrons. The monoisotopic (exact) mass is 509 g/mol. The zero-order valence-corrected chi connectivity index (χ0v) is 20.2. The first-order valence-electron chi connectivity index (χ1n) is 10.9. The van der Waals surface area contributed by atoms with Crippen LogP contribution in [0.1, 0.15) is 53.5 Å². The number of nitrogens with one attached hydrogen (secondary N) is 1. The van der Waals surface area contributed by atoms with Gasteiger partial charge in [0.1, 0.15) is 17.9 Å². The molecule has 0 spiro atoms. The van der Waals surface area contributed by atoms with E-state index in [9.17, 15) is 32.3 Å². The lowest BCUT2D eigenvalue weighted by Crippen LogP contribution is -2.38. The van der Waals surface area contributed by atoms with E-state index in [-0.39, 0.29) is 31.3 Å². The Hall–Kier alpha value is -3.83. The SMILES string of the molecule is COc1c2c(n(Cc3ccc(C(F)(F)F)cc3)c(=O)c1C(=O)NCC(=O)O)CN(C(=O)C(C)(C)C)C2. The molecule has 0 fully saturated rings. The minimum Gasteiger partial charge on any atom is -0.495 e. The minimum atomic E-state index is -4.53. The van der Waals surface area contributed by atoms with Crippen molar-refractivity contribution in [2.75, 3.05) is 13.7 Å². The summed E-state index contributed by atoms with van der Waals surface area (Å²) in [4.78, 5) is 51.7. The number of rotatable bonds is 6. The lowest BCUT2D eigenvalue weighted by atomic mass is 9.95.